The average Bonchev–Trinajstić information content (AvgIpc) is 3.05. The predicted octanol–water partition coefficient (Wildman–Crippen LogP) is 2.80. The summed E-state index contributed by atoms with van der Waals surface area (Å²) in [5.41, 5.74) is 0.687. The molecule has 2 aromatic rings. The minimum atomic E-state index is -3.67. The molecule has 0 saturated heterocycles. The van der Waals surface area contributed by atoms with E-state index in [1.165, 1.54) is 23.5 Å². The van der Waals surface area contributed by atoms with Crippen LogP contribution in [0.15, 0.2) is 58.4 Å². The van der Waals surface area contributed by atoms with Crippen LogP contribution < -0.4 is 4.74 Å². The molecule has 3 rings (SSSR count). The second-order valence-corrected chi connectivity index (χ2v) is 7.27. The highest BCUT2D eigenvalue weighted by molar-refractivity contribution is 7.89. The van der Waals surface area contributed by atoms with Crippen molar-refractivity contribution in [3.05, 3.63) is 59.1 Å². The highest BCUT2D eigenvalue weighted by Gasteiger charge is 2.31. The van der Waals surface area contributed by atoms with Gasteiger partial charge in [0.15, 0.2) is 0 Å². The fraction of sp³-hybridized carbons (Fsp3) is 0.188. The van der Waals surface area contributed by atoms with Gasteiger partial charge in [0.25, 0.3) is 10.0 Å². The van der Waals surface area contributed by atoms with Gasteiger partial charge < -0.3 is 4.74 Å². The highest BCUT2D eigenvalue weighted by atomic mass is 35.5. The number of sulfonamides is 1. The Morgan fingerprint density at radius 1 is 1.17 bits per heavy atom. The van der Waals surface area contributed by atoms with E-state index < -0.39 is 10.0 Å². The van der Waals surface area contributed by atoms with Gasteiger partial charge in [0.1, 0.15) is 11.6 Å². The van der Waals surface area contributed by atoms with Crippen LogP contribution in [-0.4, -0.2) is 38.8 Å². The molecule has 0 fully saturated rings. The molecule has 2 aromatic carbocycles. The van der Waals surface area contributed by atoms with E-state index in [2.05, 4.69) is 4.99 Å². The lowest BCUT2D eigenvalue weighted by Crippen LogP contribution is -2.34. The van der Waals surface area contributed by atoms with Crippen LogP contribution in [0, 0.1) is 0 Å². The highest BCUT2D eigenvalue weighted by Crippen LogP contribution is 2.24. The number of amidine groups is 1. The monoisotopic (exact) mass is 350 g/mol. The van der Waals surface area contributed by atoms with Crippen molar-refractivity contribution in [2.45, 2.75) is 4.90 Å². The Bertz CT molecular complexity index is 848. The smallest absolute Gasteiger partial charge is 0.265 e. The summed E-state index contributed by atoms with van der Waals surface area (Å²) in [7, 11) is -2.13. The second-order valence-electron chi connectivity index (χ2n) is 4.97. The third-order valence-electron chi connectivity index (χ3n) is 3.53. The summed E-state index contributed by atoms with van der Waals surface area (Å²) in [6.45, 7) is 0.743. The van der Waals surface area contributed by atoms with Crippen molar-refractivity contribution in [2.75, 3.05) is 20.2 Å². The molecule has 120 valence electrons. The lowest BCUT2D eigenvalue weighted by molar-refractivity contribution is 0.414. The molecule has 5 nitrogen and oxygen atoms in total. The molecule has 0 saturated carbocycles. The SMILES string of the molecule is COc1ccc(S(=O)(=O)N2CCN=C2c2cccc(Cl)c2)cc1. The number of methoxy groups -OCH3 is 1. The van der Waals surface area contributed by atoms with Crippen molar-refractivity contribution in [3.8, 4) is 5.75 Å². The molecule has 0 bridgehead atoms. The quantitative estimate of drug-likeness (QED) is 0.852. The van der Waals surface area contributed by atoms with Crippen molar-refractivity contribution in [1.82, 2.24) is 4.31 Å². The van der Waals surface area contributed by atoms with Crippen LogP contribution in [0.5, 0.6) is 5.75 Å². The van der Waals surface area contributed by atoms with Gasteiger partial charge in [-0.05, 0) is 36.4 Å². The molecular weight excluding hydrogens is 336 g/mol. The summed E-state index contributed by atoms with van der Waals surface area (Å²) >= 11 is 6.00. The Morgan fingerprint density at radius 2 is 1.91 bits per heavy atom. The fourth-order valence-electron chi connectivity index (χ4n) is 2.40. The van der Waals surface area contributed by atoms with E-state index in [9.17, 15) is 8.42 Å². The first-order valence-corrected chi connectivity index (χ1v) is 8.81. The summed E-state index contributed by atoms with van der Waals surface area (Å²) in [4.78, 5) is 4.54. The van der Waals surface area contributed by atoms with Gasteiger partial charge in [-0.15, -0.1) is 0 Å². The van der Waals surface area contributed by atoms with Crippen LogP contribution >= 0.6 is 11.6 Å². The molecule has 0 spiro atoms. The summed E-state index contributed by atoms with van der Waals surface area (Å²) in [6.07, 6.45) is 0. The zero-order valence-corrected chi connectivity index (χ0v) is 14.0. The van der Waals surface area contributed by atoms with Gasteiger partial charge in [-0.2, -0.15) is 0 Å². The molecule has 23 heavy (non-hydrogen) atoms. The average molecular weight is 351 g/mol. The number of aliphatic imine (C=N–C) groups is 1. The summed E-state index contributed by atoms with van der Waals surface area (Å²) in [5, 5.41) is 0.541. The Labute approximate surface area is 140 Å². The number of rotatable bonds is 4. The molecule has 1 heterocycles. The van der Waals surface area contributed by atoms with Gasteiger partial charge in [-0.25, -0.2) is 12.7 Å². The molecule has 0 aromatic heterocycles. The van der Waals surface area contributed by atoms with E-state index in [-0.39, 0.29) is 4.90 Å². The number of hydrogen-bond donors (Lipinski definition) is 0. The molecule has 0 amide bonds. The van der Waals surface area contributed by atoms with Crippen molar-refractivity contribution in [3.63, 3.8) is 0 Å². The number of ether oxygens (including phenoxy) is 1. The second kappa shape index (κ2) is 6.22. The van der Waals surface area contributed by atoms with Crippen molar-refractivity contribution in [1.29, 1.82) is 0 Å². The van der Waals surface area contributed by atoms with E-state index in [1.54, 1.807) is 36.4 Å². The zero-order chi connectivity index (χ0) is 16.4. The minimum Gasteiger partial charge on any atom is -0.497 e. The van der Waals surface area contributed by atoms with Crippen LogP contribution in [-0.2, 0) is 10.0 Å². The molecule has 1 aliphatic heterocycles. The molecule has 0 aliphatic carbocycles. The Hall–Kier alpha value is -2.05. The van der Waals surface area contributed by atoms with Gasteiger partial charge in [0, 0.05) is 10.6 Å². The molecular formula is C16H15ClN2O3S. The maximum Gasteiger partial charge on any atom is 0.265 e. The first-order valence-electron chi connectivity index (χ1n) is 6.99. The van der Waals surface area contributed by atoms with E-state index in [0.29, 0.717) is 35.3 Å². The summed E-state index contributed by atoms with van der Waals surface area (Å²) in [6, 6.07) is 13.3. The van der Waals surface area contributed by atoms with Crippen LogP contribution in [0.4, 0.5) is 0 Å². The van der Waals surface area contributed by atoms with E-state index in [0.717, 1.165) is 0 Å². The molecule has 0 radical (unpaired) electrons. The Morgan fingerprint density at radius 3 is 2.57 bits per heavy atom. The molecule has 0 N–H and O–H groups in total. The first kappa shape index (κ1) is 15.8. The third kappa shape index (κ3) is 3.04. The number of benzene rings is 2. The normalized spacial score (nSPS) is 14.7. The van der Waals surface area contributed by atoms with Gasteiger partial charge in [0.2, 0.25) is 0 Å². The van der Waals surface area contributed by atoms with Crippen LogP contribution in [0.25, 0.3) is 0 Å². The first-order chi connectivity index (χ1) is 11.0. The summed E-state index contributed by atoms with van der Waals surface area (Å²) in [5.74, 6) is 1.03. The molecule has 1 aliphatic rings. The molecule has 7 heteroatoms. The Balaban J connectivity index is 1.97. The Kier molecular flexibility index (Phi) is 4.28. The van der Waals surface area contributed by atoms with E-state index in [4.69, 9.17) is 16.3 Å². The lowest BCUT2D eigenvalue weighted by atomic mass is 10.2. The van der Waals surface area contributed by atoms with Crippen molar-refractivity contribution in [2.24, 2.45) is 4.99 Å². The van der Waals surface area contributed by atoms with Gasteiger partial charge in [0.05, 0.1) is 25.1 Å². The number of hydrogen-bond acceptors (Lipinski definition) is 4. The van der Waals surface area contributed by atoms with Crippen molar-refractivity contribution < 1.29 is 13.2 Å². The van der Waals surface area contributed by atoms with E-state index in [1.807, 2.05) is 0 Å². The zero-order valence-electron chi connectivity index (χ0n) is 12.4. The van der Waals surface area contributed by atoms with E-state index >= 15 is 0 Å². The molecule has 0 unspecified atom stereocenters. The summed E-state index contributed by atoms with van der Waals surface area (Å²) < 4.78 is 32.1. The van der Waals surface area contributed by atoms with Gasteiger partial charge in [-0.1, -0.05) is 23.7 Å². The standard InChI is InChI=1S/C16H15ClN2O3S/c1-22-14-5-7-15(8-6-14)23(20,21)19-10-9-18-16(19)12-3-2-4-13(17)11-12/h2-8,11H,9-10H2,1H3. The minimum absolute atomic E-state index is 0.204. The van der Waals surface area contributed by atoms with Gasteiger partial charge >= 0.3 is 0 Å². The van der Waals surface area contributed by atoms with Crippen LogP contribution in [0.3, 0.4) is 0 Å². The van der Waals surface area contributed by atoms with Crippen molar-refractivity contribution >= 4 is 27.5 Å². The largest absolute Gasteiger partial charge is 0.497 e. The van der Waals surface area contributed by atoms with Crippen LogP contribution in [0.2, 0.25) is 5.02 Å². The third-order valence-corrected chi connectivity index (χ3v) is 5.57. The topological polar surface area (TPSA) is 59.0 Å². The molecule has 0 atom stereocenters. The predicted molar refractivity (Wildman–Crippen MR) is 89.7 cm³/mol. The van der Waals surface area contributed by atoms with Crippen LogP contribution in [0.1, 0.15) is 5.56 Å². The van der Waals surface area contributed by atoms with Gasteiger partial charge in [-0.3, -0.25) is 4.99 Å². The maximum absolute atomic E-state index is 12.9. The lowest BCUT2D eigenvalue weighted by Gasteiger charge is -2.20. The fourth-order valence-corrected chi connectivity index (χ4v) is 4.04. The number of halogens is 1. The maximum atomic E-state index is 12.9. The number of nitrogens with zero attached hydrogens (tertiary/aromatic N) is 2.